The quantitative estimate of drug-likeness (QED) is 0.616. The third-order valence-corrected chi connectivity index (χ3v) is 6.39. The summed E-state index contributed by atoms with van der Waals surface area (Å²) < 4.78 is 24.8. The van der Waals surface area contributed by atoms with Gasteiger partial charge in [-0.25, -0.2) is 13.6 Å². The first-order chi connectivity index (χ1) is 13.2. The van der Waals surface area contributed by atoms with Gasteiger partial charge in [0, 0.05) is 11.8 Å². The summed E-state index contributed by atoms with van der Waals surface area (Å²) in [7, 11) is -3.79. The van der Waals surface area contributed by atoms with Crippen LogP contribution in [-0.4, -0.2) is 33.9 Å². The van der Waals surface area contributed by atoms with Crippen molar-refractivity contribution in [3.05, 3.63) is 46.9 Å². The van der Waals surface area contributed by atoms with Crippen LogP contribution in [0, 0.1) is 0 Å². The Bertz CT molecular complexity index is 1180. The van der Waals surface area contributed by atoms with Crippen LogP contribution in [0.5, 0.6) is 0 Å². The van der Waals surface area contributed by atoms with Gasteiger partial charge in [-0.3, -0.25) is 9.48 Å². The molecule has 0 atom stereocenters. The molecule has 1 saturated carbocycles. The van der Waals surface area contributed by atoms with Gasteiger partial charge in [0.2, 0.25) is 10.0 Å². The van der Waals surface area contributed by atoms with Gasteiger partial charge in [-0.05, 0) is 50.8 Å². The zero-order valence-electron chi connectivity index (χ0n) is 15.4. The molecule has 1 aromatic carbocycles. The molecule has 0 radical (unpaired) electrons. The summed E-state index contributed by atoms with van der Waals surface area (Å²) in [5.74, 6) is 0. The van der Waals surface area contributed by atoms with E-state index in [0.29, 0.717) is 29.5 Å². The molecule has 3 aromatic rings. The lowest BCUT2D eigenvalue weighted by molar-refractivity contribution is 0.00907. The number of aromatic nitrogens is 3. The fourth-order valence-corrected chi connectivity index (χ4v) is 4.37. The molecule has 0 spiro atoms. The first-order valence-corrected chi connectivity index (χ1v) is 10.7. The van der Waals surface area contributed by atoms with Gasteiger partial charge >= 0.3 is 0 Å². The van der Waals surface area contributed by atoms with Crippen molar-refractivity contribution in [3.63, 3.8) is 0 Å². The molecule has 1 fully saturated rings. The largest absolute Gasteiger partial charge is 0.390 e. The minimum Gasteiger partial charge on any atom is -0.390 e. The number of nitrogens with two attached hydrogens (primary N) is 1. The van der Waals surface area contributed by atoms with Crippen LogP contribution in [0.4, 0.5) is 0 Å². The molecule has 0 bridgehead atoms. The highest BCUT2D eigenvalue weighted by Crippen LogP contribution is 2.37. The molecular formula is C19H22N4O4S. The normalized spacial score (nSPS) is 23.2. The smallest absolute Gasteiger partial charge is 0.259 e. The molecule has 0 aliphatic heterocycles. The Morgan fingerprint density at radius 3 is 2.46 bits per heavy atom. The summed E-state index contributed by atoms with van der Waals surface area (Å²) in [6.45, 7) is 1.84. The van der Waals surface area contributed by atoms with E-state index in [2.05, 4.69) is 4.98 Å². The average Bonchev–Trinajstić information content (AvgIpc) is 3.02. The number of H-pyrrole nitrogens is 1. The van der Waals surface area contributed by atoms with Gasteiger partial charge in [0.1, 0.15) is 5.69 Å². The van der Waals surface area contributed by atoms with Crippen LogP contribution < -0.4 is 10.7 Å². The lowest BCUT2D eigenvalue weighted by Gasteiger charge is -2.33. The number of aliphatic hydroxyl groups is 1. The van der Waals surface area contributed by atoms with Crippen molar-refractivity contribution in [2.24, 2.45) is 5.14 Å². The second kappa shape index (κ2) is 6.54. The van der Waals surface area contributed by atoms with E-state index in [-0.39, 0.29) is 16.5 Å². The maximum atomic E-state index is 12.5. The predicted octanol–water partition coefficient (Wildman–Crippen LogP) is 1.91. The summed E-state index contributed by atoms with van der Waals surface area (Å²) >= 11 is 0. The van der Waals surface area contributed by atoms with Crippen molar-refractivity contribution in [3.8, 4) is 11.3 Å². The number of aromatic amines is 1. The Labute approximate surface area is 162 Å². The maximum absolute atomic E-state index is 12.5. The average molecular weight is 402 g/mol. The third kappa shape index (κ3) is 3.36. The second-order valence-corrected chi connectivity index (χ2v) is 9.22. The highest BCUT2D eigenvalue weighted by atomic mass is 32.2. The molecule has 8 nitrogen and oxygen atoms in total. The van der Waals surface area contributed by atoms with E-state index in [4.69, 9.17) is 10.2 Å². The van der Waals surface area contributed by atoms with Crippen molar-refractivity contribution >= 4 is 20.9 Å². The fraction of sp³-hybridized carbons (Fsp3) is 0.368. The fourth-order valence-electron chi connectivity index (χ4n) is 3.85. The number of pyridine rings is 1. The molecule has 2 heterocycles. The number of fused-ring (bicyclic) bond motifs is 1. The van der Waals surface area contributed by atoms with Gasteiger partial charge in [-0.2, -0.15) is 5.10 Å². The minimum atomic E-state index is -3.79. The molecule has 4 N–H and O–H groups in total. The van der Waals surface area contributed by atoms with E-state index in [1.807, 2.05) is 17.7 Å². The molecule has 1 aliphatic rings. The SMILES string of the molecule is C[C@]1(O)CC[C@@H](n2nc(-c3ccc(S(N)(=O)=O)cc3)c3c(=O)[nH]ccc32)CC1. The Morgan fingerprint density at radius 2 is 1.86 bits per heavy atom. The topological polar surface area (TPSA) is 131 Å². The van der Waals surface area contributed by atoms with E-state index in [1.54, 1.807) is 18.3 Å². The summed E-state index contributed by atoms with van der Waals surface area (Å²) in [6.07, 6.45) is 4.46. The van der Waals surface area contributed by atoms with Crippen molar-refractivity contribution in [1.82, 2.24) is 14.8 Å². The molecule has 9 heteroatoms. The molecule has 28 heavy (non-hydrogen) atoms. The van der Waals surface area contributed by atoms with Crippen LogP contribution in [0.2, 0.25) is 0 Å². The van der Waals surface area contributed by atoms with Crippen molar-refractivity contribution < 1.29 is 13.5 Å². The lowest BCUT2D eigenvalue weighted by atomic mass is 9.84. The van der Waals surface area contributed by atoms with Crippen LogP contribution in [-0.2, 0) is 10.0 Å². The number of rotatable bonds is 3. The Morgan fingerprint density at radius 1 is 1.21 bits per heavy atom. The Kier molecular flexibility index (Phi) is 4.40. The molecule has 0 unspecified atom stereocenters. The zero-order valence-corrected chi connectivity index (χ0v) is 16.2. The summed E-state index contributed by atoms with van der Waals surface area (Å²) in [4.78, 5) is 15.2. The molecule has 2 aromatic heterocycles. The maximum Gasteiger partial charge on any atom is 0.259 e. The van der Waals surface area contributed by atoms with Crippen LogP contribution >= 0.6 is 0 Å². The van der Waals surface area contributed by atoms with E-state index < -0.39 is 15.6 Å². The van der Waals surface area contributed by atoms with Gasteiger partial charge in [-0.15, -0.1) is 0 Å². The second-order valence-electron chi connectivity index (χ2n) is 7.66. The Hall–Kier alpha value is -2.49. The number of hydrogen-bond donors (Lipinski definition) is 3. The summed E-state index contributed by atoms with van der Waals surface area (Å²) in [6, 6.07) is 7.92. The highest BCUT2D eigenvalue weighted by Gasteiger charge is 2.31. The summed E-state index contributed by atoms with van der Waals surface area (Å²) in [5.41, 5.74) is 0.937. The number of sulfonamides is 1. The summed E-state index contributed by atoms with van der Waals surface area (Å²) in [5, 5.41) is 20.6. The number of hydrogen-bond acceptors (Lipinski definition) is 5. The first kappa shape index (κ1) is 18.9. The van der Waals surface area contributed by atoms with Gasteiger partial charge < -0.3 is 10.1 Å². The number of nitrogens with one attached hydrogen (secondary N) is 1. The van der Waals surface area contributed by atoms with E-state index in [1.165, 1.54) is 12.1 Å². The minimum absolute atomic E-state index is 0.00316. The predicted molar refractivity (Wildman–Crippen MR) is 105 cm³/mol. The van der Waals surface area contributed by atoms with E-state index >= 15 is 0 Å². The van der Waals surface area contributed by atoms with Crippen LogP contribution in [0.3, 0.4) is 0 Å². The van der Waals surface area contributed by atoms with Crippen LogP contribution in [0.25, 0.3) is 22.2 Å². The Balaban J connectivity index is 1.83. The molecule has 0 amide bonds. The number of primary sulfonamides is 1. The molecule has 1 aliphatic carbocycles. The highest BCUT2D eigenvalue weighted by molar-refractivity contribution is 7.89. The number of nitrogens with zero attached hydrogens (tertiary/aromatic N) is 2. The van der Waals surface area contributed by atoms with E-state index in [9.17, 15) is 18.3 Å². The molecule has 0 saturated heterocycles. The van der Waals surface area contributed by atoms with Crippen LogP contribution in [0.1, 0.15) is 38.6 Å². The van der Waals surface area contributed by atoms with Crippen molar-refractivity contribution in [1.29, 1.82) is 0 Å². The van der Waals surface area contributed by atoms with Gasteiger partial charge in [0.25, 0.3) is 5.56 Å². The monoisotopic (exact) mass is 402 g/mol. The first-order valence-electron chi connectivity index (χ1n) is 9.11. The van der Waals surface area contributed by atoms with Crippen molar-refractivity contribution in [2.75, 3.05) is 0 Å². The van der Waals surface area contributed by atoms with Crippen molar-refractivity contribution in [2.45, 2.75) is 49.1 Å². The standard InChI is InChI=1S/C19H22N4O4S/c1-19(25)9-6-13(7-10-19)23-15-8-11-21-18(24)16(15)17(22-23)12-2-4-14(5-3-12)28(20,26)27/h2-5,8,11,13,25H,6-7,9-10H2,1H3,(H,21,24)(H2,20,26,27)/t13-,19+. The van der Waals surface area contributed by atoms with Gasteiger partial charge in [0.15, 0.2) is 0 Å². The number of benzene rings is 1. The zero-order chi connectivity index (χ0) is 20.1. The van der Waals surface area contributed by atoms with Gasteiger partial charge in [-0.1, -0.05) is 12.1 Å². The molecule has 4 rings (SSSR count). The van der Waals surface area contributed by atoms with E-state index in [0.717, 1.165) is 18.4 Å². The molecule has 148 valence electrons. The van der Waals surface area contributed by atoms with Crippen LogP contribution in [0.15, 0.2) is 46.2 Å². The third-order valence-electron chi connectivity index (χ3n) is 5.46. The molecular weight excluding hydrogens is 380 g/mol. The van der Waals surface area contributed by atoms with Gasteiger partial charge in [0.05, 0.1) is 27.4 Å². The lowest BCUT2D eigenvalue weighted by Crippen LogP contribution is -2.31.